The highest BCUT2D eigenvalue weighted by Gasteiger charge is 2.00. The lowest BCUT2D eigenvalue weighted by molar-refractivity contribution is 0.397. The normalized spacial score (nSPS) is 9.27. The van der Waals surface area contributed by atoms with Crippen molar-refractivity contribution >= 4 is 17.7 Å². The van der Waals surface area contributed by atoms with Gasteiger partial charge in [0, 0.05) is 5.56 Å². The average Bonchev–Trinajstić information content (AvgIpc) is 2.04. The lowest BCUT2D eigenvalue weighted by Gasteiger charge is -2.01. The van der Waals surface area contributed by atoms with Crippen LogP contribution in [0.3, 0.4) is 0 Å². The van der Waals surface area contributed by atoms with Crippen molar-refractivity contribution in [3.63, 3.8) is 0 Å². The van der Waals surface area contributed by atoms with Gasteiger partial charge in [0.2, 0.25) is 5.88 Å². The van der Waals surface area contributed by atoms with Crippen LogP contribution in [0.1, 0.15) is 5.56 Å². The Labute approximate surface area is 70.5 Å². The van der Waals surface area contributed by atoms with Crippen molar-refractivity contribution in [1.82, 2.24) is 4.98 Å². The van der Waals surface area contributed by atoms with Crippen LogP contribution in [0.15, 0.2) is 18.7 Å². The first-order chi connectivity index (χ1) is 5.27. The van der Waals surface area contributed by atoms with E-state index < -0.39 is 0 Å². The molecule has 11 heavy (non-hydrogen) atoms. The van der Waals surface area contributed by atoms with E-state index in [-0.39, 0.29) is 0 Å². The van der Waals surface area contributed by atoms with Crippen LogP contribution < -0.4 is 4.74 Å². The highest BCUT2D eigenvalue weighted by atomic mass is 35.5. The number of nitrogens with zero attached hydrogens (tertiary/aromatic N) is 1. The van der Waals surface area contributed by atoms with Crippen molar-refractivity contribution in [3.8, 4) is 5.88 Å². The number of methoxy groups -OCH3 is 1. The van der Waals surface area contributed by atoms with Crippen LogP contribution in [0.2, 0.25) is 5.15 Å². The number of ether oxygens (including phenoxy) is 1. The molecule has 1 aromatic rings. The van der Waals surface area contributed by atoms with Gasteiger partial charge in [0.25, 0.3) is 0 Å². The second kappa shape index (κ2) is 3.39. The second-order valence-corrected chi connectivity index (χ2v) is 2.32. The van der Waals surface area contributed by atoms with Crippen LogP contribution in [0.5, 0.6) is 5.88 Å². The summed E-state index contributed by atoms with van der Waals surface area (Å²) in [5.41, 5.74) is 0.844. The predicted octanol–water partition coefficient (Wildman–Crippen LogP) is 2.39. The van der Waals surface area contributed by atoms with Gasteiger partial charge in [-0.05, 0) is 12.1 Å². The van der Waals surface area contributed by atoms with E-state index in [1.165, 1.54) is 0 Å². The molecule has 0 saturated carbocycles. The van der Waals surface area contributed by atoms with Crippen LogP contribution in [-0.4, -0.2) is 12.1 Å². The monoisotopic (exact) mass is 169 g/mol. The minimum atomic E-state index is 0.424. The number of pyridine rings is 1. The average molecular weight is 170 g/mol. The van der Waals surface area contributed by atoms with Crippen molar-refractivity contribution in [1.29, 1.82) is 0 Å². The first kappa shape index (κ1) is 8.08. The van der Waals surface area contributed by atoms with Gasteiger partial charge in [-0.25, -0.2) is 4.98 Å². The zero-order valence-corrected chi connectivity index (χ0v) is 6.93. The number of rotatable bonds is 2. The Kier molecular flexibility index (Phi) is 2.49. The fourth-order valence-corrected chi connectivity index (χ4v) is 0.887. The molecule has 0 aliphatic carbocycles. The van der Waals surface area contributed by atoms with Gasteiger partial charge < -0.3 is 4.74 Å². The van der Waals surface area contributed by atoms with Crippen LogP contribution in [0.25, 0.3) is 6.08 Å². The molecule has 3 heteroatoms. The van der Waals surface area contributed by atoms with Crippen molar-refractivity contribution in [2.24, 2.45) is 0 Å². The third-order valence-electron chi connectivity index (χ3n) is 1.27. The summed E-state index contributed by atoms with van der Waals surface area (Å²) in [5.74, 6) is 0.507. The summed E-state index contributed by atoms with van der Waals surface area (Å²) in [7, 11) is 1.55. The highest BCUT2D eigenvalue weighted by Crippen LogP contribution is 2.18. The first-order valence-electron chi connectivity index (χ1n) is 3.11. The SMILES string of the molecule is C=Cc1ccc(Cl)nc1OC. The molecule has 0 fully saturated rings. The molecule has 1 heterocycles. The summed E-state index contributed by atoms with van der Waals surface area (Å²) in [6, 6.07) is 3.50. The van der Waals surface area contributed by atoms with Gasteiger partial charge in [-0.3, -0.25) is 0 Å². The summed E-state index contributed by atoms with van der Waals surface area (Å²) in [5, 5.41) is 0.424. The molecular weight excluding hydrogens is 162 g/mol. The van der Waals surface area contributed by atoms with E-state index in [1.807, 2.05) is 0 Å². The minimum absolute atomic E-state index is 0.424. The number of halogens is 1. The highest BCUT2D eigenvalue weighted by molar-refractivity contribution is 6.29. The smallest absolute Gasteiger partial charge is 0.221 e. The topological polar surface area (TPSA) is 22.1 Å². The molecule has 0 N–H and O–H groups in total. The van der Waals surface area contributed by atoms with Crippen LogP contribution in [0.4, 0.5) is 0 Å². The third-order valence-corrected chi connectivity index (χ3v) is 1.48. The van der Waals surface area contributed by atoms with E-state index in [1.54, 1.807) is 25.3 Å². The molecule has 0 aromatic carbocycles. The summed E-state index contributed by atoms with van der Waals surface area (Å²) >= 11 is 5.63. The molecule has 0 unspecified atom stereocenters. The van der Waals surface area contributed by atoms with Gasteiger partial charge in [0.1, 0.15) is 5.15 Å². The Hall–Kier alpha value is -1.02. The number of hydrogen-bond acceptors (Lipinski definition) is 2. The van der Waals surface area contributed by atoms with E-state index in [0.717, 1.165) is 5.56 Å². The molecule has 0 spiro atoms. The summed E-state index contributed by atoms with van der Waals surface area (Å²) < 4.78 is 4.95. The van der Waals surface area contributed by atoms with E-state index in [4.69, 9.17) is 16.3 Å². The fraction of sp³-hybridized carbons (Fsp3) is 0.125. The fourth-order valence-electron chi connectivity index (χ4n) is 0.748. The Morgan fingerprint density at radius 1 is 1.64 bits per heavy atom. The van der Waals surface area contributed by atoms with E-state index in [0.29, 0.717) is 11.0 Å². The molecule has 0 bridgehead atoms. The second-order valence-electron chi connectivity index (χ2n) is 1.94. The zero-order chi connectivity index (χ0) is 8.27. The Balaban J connectivity index is 3.16. The maximum absolute atomic E-state index is 5.63. The number of aromatic nitrogens is 1. The van der Waals surface area contributed by atoms with Crippen molar-refractivity contribution in [2.75, 3.05) is 7.11 Å². The molecule has 0 aliphatic rings. The van der Waals surface area contributed by atoms with Gasteiger partial charge in [-0.2, -0.15) is 0 Å². The minimum Gasteiger partial charge on any atom is -0.481 e. The van der Waals surface area contributed by atoms with Crippen LogP contribution in [0, 0.1) is 0 Å². The Bertz CT molecular complexity index is 273. The van der Waals surface area contributed by atoms with Crippen molar-refractivity contribution in [2.45, 2.75) is 0 Å². The van der Waals surface area contributed by atoms with Gasteiger partial charge in [-0.15, -0.1) is 0 Å². The predicted molar refractivity (Wildman–Crippen MR) is 45.9 cm³/mol. The van der Waals surface area contributed by atoms with Crippen molar-refractivity contribution in [3.05, 3.63) is 29.4 Å². The number of hydrogen-bond donors (Lipinski definition) is 0. The van der Waals surface area contributed by atoms with E-state index >= 15 is 0 Å². The van der Waals surface area contributed by atoms with Gasteiger partial charge >= 0.3 is 0 Å². The third kappa shape index (κ3) is 1.71. The molecule has 0 atom stereocenters. The van der Waals surface area contributed by atoms with E-state index in [2.05, 4.69) is 11.6 Å². The van der Waals surface area contributed by atoms with Gasteiger partial charge in [-0.1, -0.05) is 24.3 Å². The quantitative estimate of drug-likeness (QED) is 0.635. The molecule has 1 rings (SSSR count). The maximum atomic E-state index is 5.63. The van der Waals surface area contributed by atoms with Crippen LogP contribution in [-0.2, 0) is 0 Å². The maximum Gasteiger partial charge on any atom is 0.221 e. The molecule has 0 saturated heterocycles. The summed E-state index contributed by atoms with van der Waals surface area (Å²) in [6.07, 6.45) is 1.67. The van der Waals surface area contributed by atoms with Gasteiger partial charge in [0.05, 0.1) is 7.11 Å². The Morgan fingerprint density at radius 3 is 2.91 bits per heavy atom. The molecule has 2 nitrogen and oxygen atoms in total. The van der Waals surface area contributed by atoms with Crippen LogP contribution >= 0.6 is 11.6 Å². The summed E-state index contributed by atoms with van der Waals surface area (Å²) in [6.45, 7) is 3.61. The van der Waals surface area contributed by atoms with Crippen molar-refractivity contribution < 1.29 is 4.74 Å². The van der Waals surface area contributed by atoms with Gasteiger partial charge in [0.15, 0.2) is 0 Å². The molecule has 58 valence electrons. The Morgan fingerprint density at radius 2 is 2.36 bits per heavy atom. The molecule has 0 aliphatic heterocycles. The largest absolute Gasteiger partial charge is 0.481 e. The lowest BCUT2D eigenvalue weighted by Crippen LogP contribution is -1.90. The summed E-state index contributed by atoms with van der Waals surface area (Å²) in [4.78, 5) is 3.93. The first-order valence-corrected chi connectivity index (χ1v) is 3.48. The molecule has 0 radical (unpaired) electrons. The lowest BCUT2D eigenvalue weighted by atomic mass is 10.3. The molecule has 1 aromatic heterocycles. The standard InChI is InChI=1S/C8H8ClNO/c1-3-6-4-5-7(9)10-8(6)11-2/h3-5H,1H2,2H3. The molecular formula is C8H8ClNO. The van der Waals surface area contributed by atoms with E-state index in [9.17, 15) is 0 Å². The molecule has 0 amide bonds. The zero-order valence-electron chi connectivity index (χ0n) is 6.17.